The number of amides is 2. The molecule has 0 unspecified atom stereocenters. The Balaban J connectivity index is 1.62. The number of rotatable bonds is 3. The quantitative estimate of drug-likeness (QED) is 0.651. The van der Waals surface area contributed by atoms with Gasteiger partial charge in [-0.1, -0.05) is 37.5 Å². The highest BCUT2D eigenvalue weighted by Gasteiger charge is 2.35. The van der Waals surface area contributed by atoms with E-state index in [1.807, 2.05) is 48.2 Å². The van der Waals surface area contributed by atoms with Crippen LogP contribution < -0.4 is 4.74 Å². The number of hydrogen-bond donors (Lipinski definition) is 0. The molecule has 0 bridgehead atoms. The standard InChI is InChI=1S/C28H37N3O3/c1-2-30-18-9-3-4-10-19-31(27(32)20-22-12-11-17-29-21-22)24-14-6-8-16-26(24)34-25-15-7-5-13-23(25)28(30)33/h5,7,11-13,15,17,21,24,26H,2-4,6,8-10,14,16,18-20H2,1H3/t24-,26+/m1/s1. The van der Waals surface area contributed by atoms with Crippen molar-refractivity contribution in [1.29, 1.82) is 0 Å². The summed E-state index contributed by atoms with van der Waals surface area (Å²) in [4.78, 5) is 35.1. The molecule has 1 aromatic heterocycles. The van der Waals surface area contributed by atoms with Crippen LogP contribution in [0.15, 0.2) is 48.8 Å². The van der Waals surface area contributed by atoms with E-state index in [4.69, 9.17) is 4.74 Å². The minimum absolute atomic E-state index is 0.0197. The van der Waals surface area contributed by atoms with Crippen molar-refractivity contribution < 1.29 is 14.3 Å². The van der Waals surface area contributed by atoms with Crippen LogP contribution >= 0.6 is 0 Å². The van der Waals surface area contributed by atoms with Crippen molar-refractivity contribution in [2.45, 2.75) is 76.9 Å². The number of para-hydroxylation sites is 1. The third-order valence-electron chi connectivity index (χ3n) is 7.11. The first-order chi connectivity index (χ1) is 16.7. The van der Waals surface area contributed by atoms with Gasteiger partial charge in [-0.25, -0.2) is 0 Å². The molecule has 182 valence electrons. The monoisotopic (exact) mass is 463 g/mol. The van der Waals surface area contributed by atoms with Gasteiger partial charge in [0.2, 0.25) is 5.91 Å². The highest BCUT2D eigenvalue weighted by Crippen LogP contribution is 2.31. The molecule has 1 aliphatic heterocycles. The van der Waals surface area contributed by atoms with Gasteiger partial charge in [0.15, 0.2) is 0 Å². The molecular formula is C28H37N3O3. The zero-order chi connectivity index (χ0) is 23.8. The van der Waals surface area contributed by atoms with E-state index in [2.05, 4.69) is 9.88 Å². The zero-order valence-corrected chi connectivity index (χ0v) is 20.3. The second-order valence-corrected chi connectivity index (χ2v) is 9.43. The molecule has 1 aromatic carbocycles. The summed E-state index contributed by atoms with van der Waals surface area (Å²) in [5.41, 5.74) is 1.56. The summed E-state index contributed by atoms with van der Waals surface area (Å²) in [6, 6.07) is 11.5. The van der Waals surface area contributed by atoms with Crippen LogP contribution in [-0.4, -0.2) is 58.4 Å². The van der Waals surface area contributed by atoms with Gasteiger partial charge in [0.05, 0.1) is 18.0 Å². The van der Waals surface area contributed by atoms with Crippen molar-refractivity contribution in [1.82, 2.24) is 14.8 Å². The van der Waals surface area contributed by atoms with Gasteiger partial charge >= 0.3 is 0 Å². The van der Waals surface area contributed by atoms with Gasteiger partial charge in [-0.3, -0.25) is 14.6 Å². The van der Waals surface area contributed by atoms with Crippen LogP contribution in [-0.2, 0) is 11.2 Å². The van der Waals surface area contributed by atoms with Gasteiger partial charge in [-0.2, -0.15) is 0 Å². The van der Waals surface area contributed by atoms with Gasteiger partial charge in [0.1, 0.15) is 11.9 Å². The highest BCUT2D eigenvalue weighted by molar-refractivity contribution is 5.97. The Kier molecular flexibility index (Phi) is 8.56. The van der Waals surface area contributed by atoms with Crippen molar-refractivity contribution in [3.63, 3.8) is 0 Å². The molecule has 2 amide bonds. The Morgan fingerprint density at radius 3 is 2.59 bits per heavy atom. The molecule has 6 nitrogen and oxygen atoms in total. The first-order valence-electron chi connectivity index (χ1n) is 12.9. The fourth-order valence-electron chi connectivity index (χ4n) is 5.25. The molecule has 2 aliphatic rings. The third-order valence-corrected chi connectivity index (χ3v) is 7.11. The summed E-state index contributed by atoms with van der Waals surface area (Å²) in [7, 11) is 0. The number of nitrogens with zero attached hydrogens (tertiary/aromatic N) is 3. The van der Waals surface area contributed by atoms with Gasteiger partial charge in [-0.15, -0.1) is 0 Å². The molecule has 2 heterocycles. The topological polar surface area (TPSA) is 62.7 Å². The van der Waals surface area contributed by atoms with Crippen LogP contribution in [0.2, 0.25) is 0 Å². The number of carbonyl (C=O) groups excluding carboxylic acids is 2. The predicted octanol–water partition coefficient (Wildman–Crippen LogP) is 4.88. The van der Waals surface area contributed by atoms with Crippen molar-refractivity contribution in [3.8, 4) is 5.75 Å². The normalized spacial score (nSPS) is 22.2. The van der Waals surface area contributed by atoms with Crippen LogP contribution in [0.25, 0.3) is 0 Å². The van der Waals surface area contributed by atoms with Gasteiger partial charge in [-0.05, 0) is 62.8 Å². The maximum Gasteiger partial charge on any atom is 0.257 e. The van der Waals surface area contributed by atoms with Crippen LogP contribution in [0.3, 0.4) is 0 Å². The number of ether oxygens (including phenoxy) is 1. The van der Waals surface area contributed by atoms with Crippen LogP contribution in [0, 0.1) is 0 Å². The van der Waals surface area contributed by atoms with Gasteiger partial charge < -0.3 is 14.5 Å². The second kappa shape index (κ2) is 12.0. The molecule has 0 N–H and O–H groups in total. The lowest BCUT2D eigenvalue weighted by Gasteiger charge is -2.40. The zero-order valence-electron chi connectivity index (χ0n) is 20.3. The van der Waals surface area contributed by atoms with E-state index in [1.165, 1.54) is 0 Å². The lowest BCUT2D eigenvalue weighted by atomic mass is 9.90. The minimum atomic E-state index is -0.112. The number of fused-ring (bicyclic) bond motifs is 2. The summed E-state index contributed by atoms with van der Waals surface area (Å²) in [5, 5.41) is 0. The van der Waals surface area contributed by atoms with E-state index < -0.39 is 0 Å². The Labute approximate surface area is 203 Å². The first kappa shape index (κ1) is 24.2. The fourth-order valence-corrected chi connectivity index (χ4v) is 5.25. The van der Waals surface area contributed by atoms with Crippen LogP contribution in [0.5, 0.6) is 5.75 Å². The fraction of sp³-hybridized carbons (Fsp3) is 0.536. The Morgan fingerprint density at radius 1 is 1.00 bits per heavy atom. The SMILES string of the molecule is CCN1CCCCCCN(C(=O)Cc2cccnc2)[C@@H]2CCCC[C@@H]2Oc2ccccc2C1=O. The molecule has 4 rings (SSSR count). The van der Waals surface area contributed by atoms with Crippen LogP contribution in [0.4, 0.5) is 0 Å². The summed E-state index contributed by atoms with van der Waals surface area (Å²) < 4.78 is 6.58. The number of pyridine rings is 1. The summed E-state index contributed by atoms with van der Waals surface area (Å²) in [6.45, 7) is 4.23. The number of aromatic nitrogens is 1. The molecular weight excluding hydrogens is 426 g/mol. The number of benzene rings is 1. The van der Waals surface area contributed by atoms with Crippen molar-refractivity contribution in [2.24, 2.45) is 0 Å². The molecule has 0 radical (unpaired) electrons. The Bertz CT molecular complexity index is 949. The summed E-state index contributed by atoms with van der Waals surface area (Å²) in [5.74, 6) is 0.814. The molecule has 1 saturated carbocycles. The smallest absolute Gasteiger partial charge is 0.257 e. The molecule has 2 aromatic rings. The summed E-state index contributed by atoms with van der Waals surface area (Å²) in [6.07, 6.45) is 11.8. The minimum Gasteiger partial charge on any atom is -0.487 e. The molecule has 2 atom stereocenters. The Morgan fingerprint density at radius 2 is 1.79 bits per heavy atom. The number of carbonyl (C=O) groups is 2. The van der Waals surface area contributed by atoms with Crippen molar-refractivity contribution in [3.05, 3.63) is 59.9 Å². The van der Waals surface area contributed by atoms with E-state index in [-0.39, 0.29) is 24.0 Å². The summed E-state index contributed by atoms with van der Waals surface area (Å²) >= 11 is 0. The van der Waals surface area contributed by atoms with Crippen LogP contribution in [0.1, 0.15) is 74.2 Å². The molecule has 1 aliphatic carbocycles. The predicted molar refractivity (Wildman–Crippen MR) is 133 cm³/mol. The largest absolute Gasteiger partial charge is 0.487 e. The van der Waals surface area contributed by atoms with Crippen molar-refractivity contribution >= 4 is 11.8 Å². The Hall–Kier alpha value is -2.89. The number of hydrogen-bond acceptors (Lipinski definition) is 4. The van der Waals surface area contributed by atoms with Crippen molar-refractivity contribution in [2.75, 3.05) is 19.6 Å². The lowest BCUT2D eigenvalue weighted by molar-refractivity contribution is -0.136. The first-order valence-corrected chi connectivity index (χ1v) is 12.9. The second-order valence-electron chi connectivity index (χ2n) is 9.43. The van der Waals surface area contributed by atoms with Gasteiger partial charge in [0, 0.05) is 32.0 Å². The molecule has 0 saturated heterocycles. The van der Waals surface area contributed by atoms with E-state index in [9.17, 15) is 9.59 Å². The third kappa shape index (κ3) is 5.96. The molecule has 34 heavy (non-hydrogen) atoms. The maximum atomic E-state index is 13.5. The molecule has 0 spiro atoms. The van der Waals surface area contributed by atoms with E-state index in [0.717, 1.165) is 70.0 Å². The van der Waals surface area contributed by atoms with E-state index in [0.29, 0.717) is 24.3 Å². The average molecular weight is 464 g/mol. The molecule has 1 fully saturated rings. The highest BCUT2D eigenvalue weighted by atomic mass is 16.5. The van der Waals surface area contributed by atoms with Gasteiger partial charge in [0.25, 0.3) is 5.91 Å². The van der Waals surface area contributed by atoms with E-state index >= 15 is 0 Å². The lowest BCUT2D eigenvalue weighted by Crippen LogP contribution is -2.51. The molecule has 6 heteroatoms. The average Bonchev–Trinajstić information content (AvgIpc) is 2.86. The maximum absolute atomic E-state index is 13.5. The van der Waals surface area contributed by atoms with E-state index in [1.54, 1.807) is 12.4 Å².